The molecule has 4 nitrogen and oxygen atoms in total. The van der Waals surface area contributed by atoms with Gasteiger partial charge in [0.2, 0.25) is 11.0 Å². The van der Waals surface area contributed by atoms with Crippen molar-refractivity contribution < 1.29 is 9.13 Å². The highest BCUT2D eigenvalue weighted by Crippen LogP contribution is 2.32. The summed E-state index contributed by atoms with van der Waals surface area (Å²) in [6.45, 7) is 0. The standard InChI is InChI=1S/C23H19N2S.C22H21N2S/c1-24-15-17-14-13-16(18-8-6-10-20(24)23(17)18)7-5-12-22-25(2)19-9-3-4-11-21(19)26-22;1-23-18(16-17-10-6-7-12-19(17)23)11-4-3-5-15-22-24(2)20-13-8-9-14-21(20)25-22/h3-15H,1-2H3;3-15H,16H2,1-2H3/q2*+1. The van der Waals surface area contributed by atoms with Gasteiger partial charge in [0.1, 0.15) is 23.5 Å². The van der Waals surface area contributed by atoms with Crippen LogP contribution in [0.25, 0.3) is 60.3 Å². The van der Waals surface area contributed by atoms with Crippen LogP contribution in [-0.2, 0) is 27.6 Å². The van der Waals surface area contributed by atoms with Crippen LogP contribution in [0, 0.1) is 0 Å². The lowest BCUT2D eigenvalue weighted by Gasteiger charge is -2.13. The molecule has 0 saturated heterocycles. The van der Waals surface area contributed by atoms with Gasteiger partial charge in [0, 0.05) is 78.7 Å². The first-order valence-electron chi connectivity index (χ1n) is 17.2. The molecule has 0 amide bonds. The Balaban J connectivity index is 0.000000147. The normalized spacial score (nSPS) is 14.5. The van der Waals surface area contributed by atoms with E-state index >= 15 is 0 Å². The highest BCUT2D eigenvalue weighted by atomic mass is 32.1. The van der Waals surface area contributed by atoms with Gasteiger partial charge in [-0.1, -0.05) is 120 Å². The van der Waals surface area contributed by atoms with Gasteiger partial charge < -0.3 is 9.47 Å². The number of para-hydroxylation sites is 3. The largest absolute Gasteiger partial charge is 0.350 e. The third kappa shape index (κ3) is 6.33. The number of thiazole rings is 2. The van der Waals surface area contributed by atoms with E-state index in [9.17, 15) is 0 Å². The zero-order chi connectivity index (χ0) is 34.9. The van der Waals surface area contributed by atoms with Crippen LogP contribution >= 0.6 is 22.7 Å². The second-order valence-electron chi connectivity index (χ2n) is 12.9. The maximum Gasteiger partial charge on any atom is 0.262 e. The molecular weight excluding hydrogens is 661 g/mol. The molecule has 0 atom stereocenters. The Morgan fingerprint density at radius 2 is 1.29 bits per heavy atom. The molecule has 1 aliphatic heterocycles. The summed E-state index contributed by atoms with van der Waals surface area (Å²) in [6, 6.07) is 36.6. The van der Waals surface area contributed by atoms with Gasteiger partial charge in [-0.15, -0.1) is 0 Å². The quantitative estimate of drug-likeness (QED) is 0.129. The fourth-order valence-electron chi connectivity index (χ4n) is 7.02. The van der Waals surface area contributed by atoms with E-state index in [1.165, 1.54) is 74.3 Å². The topological polar surface area (TPSA) is 15.9 Å². The summed E-state index contributed by atoms with van der Waals surface area (Å²) in [4.78, 5) is 2.27. The van der Waals surface area contributed by atoms with E-state index in [1.807, 2.05) is 22.7 Å². The molecule has 9 rings (SSSR count). The van der Waals surface area contributed by atoms with E-state index in [0.717, 1.165) is 6.42 Å². The third-order valence-electron chi connectivity index (χ3n) is 9.76. The minimum absolute atomic E-state index is 1.01. The van der Waals surface area contributed by atoms with Gasteiger partial charge >= 0.3 is 0 Å². The molecule has 0 N–H and O–H groups in total. The number of likely N-dealkylation sites (N-methyl/N-ethyl adjacent to an activating group) is 1. The maximum atomic E-state index is 2.27. The average molecular weight is 701 g/mol. The smallest absolute Gasteiger partial charge is 0.262 e. The monoisotopic (exact) mass is 700 g/mol. The van der Waals surface area contributed by atoms with Crippen molar-refractivity contribution in [2.45, 2.75) is 6.42 Å². The van der Waals surface area contributed by atoms with Crippen molar-refractivity contribution in [1.82, 2.24) is 4.57 Å². The van der Waals surface area contributed by atoms with Crippen molar-refractivity contribution in [3.05, 3.63) is 166 Å². The lowest BCUT2D eigenvalue weighted by molar-refractivity contribution is -0.642. The van der Waals surface area contributed by atoms with Crippen molar-refractivity contribution in [2.24, 2.45) is 21.1 Å². The molecule has 3 aromatic heterocycles. The van der Waals surface area contributed by atoms with E-state index in [2.05, 4.69) is 205 Å². The molecule has 0 aliphatic carbocycles. The summed E-state index contributed by atoms with van der Waals surface area (Å²) in [5.41, 5.74) is 7.89. The van der Waals surface area contributed by atoms with Crippen molar-refractivity contribution in [2.75, 3.05) is 11.9 Å². The van der Waals surface area contributed by atoms with Crippen molar-refractivity contribution in [3.63, 3.8) is 0 Å². The summed E-state index contributed by atoms with van der Waals surface area (Å²) in [6.07, 6.45) is 20.5. The zero-order valence-corrected chi connectivity index (χ0v) is 31.0. The van der Waals surface area contributed by atoms with Gasteiger partial charge in [-0.3, -0.25) is 0 Å². The Bertz CT molecular complexity index is 2730. The van der Waals surface area contributed by atoms with Gasteiger partial charge in [-0.05, 0) is 46.5 Å². The first kappa shape index (κ1) is 32.6. The first-order valence-corrected chi connectivity index (χ1v) is 18.8. The molecule has 8 aromatic rings. The molecule has 0 spiro atoms. The van der Waals surface area contributed by atoms with Gasteiger partial charge in [-0.2, -0.15) is 9.13 Å². The Morgan fingerprint density at radius 3 is 2.00 bits per heavy atom. The predicted octanol–water partition coefficient (Wildman–Crippen LogP) is 9.46. The first-order chi connectivity index (χ1) is 25.0. The second-order valence-corrected chi connectivity index (χ2v) is 15.0. The number of rotatable bonds is 5. The summed E-state index contributed by atoms with van der Waals surface area (Å²) >= 11 is 3.64. The van der Waals surface area contributed by atoms with Gasteiger partial charge in [0.15, 0.2) is 0 Å². The summed E-state index contributed by atoms with van der Waals surface area (Å²) in [7, 11) is 8.50. The van der Waals surface area contributed by atoms with Crippen LogP contribution in [0.15, 0.2) is 145 Å². The van der Waals surface area contributed by atoms with Crippen molar-refractivity contribution in [1.29, 1.82) is 0 Å². The number of fused-ring (bicyclic) bond motifs is 3. The summed E-state index contributed by atoms with van der Waals surface area (Å²) in [5.74, 6) is 0. The molecule has 1 aliphatic rings. The number of nitrogens with zero attached hydrogens (tertiary/aromatic N) is 4. The molecule has 0 fully saturated rings. The maximum absolute atomic E-state index is 2.27. The molecule has 5 aromatic carbocycles. The minimum Gasteiger partial charge on any atom is -0.350 e. The van der Waals surface area contributed by atoms with Crippen LogP contribution in [0.1, 0.15) is 15.6 Å². The highest BCUT2D eigenvalue weighted by Gasteiger charge is 2.19. The van der Waals surface area contributed by atoms with E-state index in [1.54, 1.807) is 0 Å². The molecule has 6 heteroatoms. The summed E-state index contributed by atoms with van der Waals surface area (Å²) in [5, 5.41) is 7.73. The lowest BCUT2D eigenvalue weighted by atomic mass is 10.1. The van der Waals surface area contributed by atoms with Crippen LogP contribution < -0.4 is 19.3 Å². The number of hydrogen-bond donors (Lipinski definition) is 0. The minimum atomic E-state index is 1.01. The molecule has 51 heavy (non-hydrogen) atoms. The van der Waals surface area contributed by atoms with Gasteiger partial charge in [0.25, 0.3) is 10.0 Å². The van der Waals surface area contributed by atoms with Crippen molar-refractivity contribution >= 4 is 88.7 Å². The fourth-order valence-corrected chi connectivity index (χ4v) is 9.15. The van der Waals surface area contributed by atoms with Gasteiger partial charge in [-0.25, -0.2) is 0 Å². The molecule has 0 unspecified atom stereocenters. The number of aryl methyl sites for hydroxylation is 3. The second kappa shape index (κ2) is 14.0. The third-order valence-corrected chi connectivity index (χ3v) is 12.1. The SMILES string of the molecule is CN1C(=CC=CC=Cc2sc3ccccc3[n+]2C)Cc2ccccc21.Cn1cc2ccc(=CC=Cc3sc4ccccc4[n+]3C)c3cccc1c23. The molecular formula is C45H40N4S2+2. The number of allylic oxidation sites excluding steroid dienone is 6. The Kier molecular flexibility index (Phi) is 8.95. The van der Waals surface area contributed by atoms with E-state index in [0.29, 0.717) is 0 Å². The van der Waals surface area contributed by atoms with Crippen LogP contribution in [0.5, 0.6) is 0 Å². The molecule has 0 radical (unpaired) electrons. The van der Waals surface area contributed by atoms with E-state index < -0.39 is 0 Å². The number of hydrogen-bond acceptors (Lipinski definition) is 3. The van der Waals surface area contributed by atoms with E-state index in [-0.39, 0.29) is 0 Å². The Labute approximate surface area is 306 Å². The van der Waals surface area contributed by atoms with E-state index in [4.69, 9.17) is 0 Å². The molecule has 0 bridgehead atoms. The molecule has 0 saturated carbocycles. The molecule has 4 heterocycles. The zero-order valence-electron chi connectivity index (χ0n) is 29.3. The Hall–Kier alpha value is -5.56. The summed E-state index contributed by atoms with van der Waals surface area (Å²) < 4.78 is 9.33. The highest BCUT2D eigenvalue weighted by molar-refractivity contribution is 7.19. The van der Waals surface area contributed by atoms with Crippen LogP contribution in [0.2, 0.25) is 0 Å². The van der Waals surface area contributed by atoms with Crippen LogP contribution in [0.4, 0.5) is 5.69 Å². The molecule has 250 valence electrons. The Morgan fingerprint density at radius 1 is 0.627 bits per heavy atom. The van der Waals surface area contributed by atoms with Crippen LogP contribution in [0.3, 0.4) is 0 Å². The number of benzene rings is 5. The number of aromatic nitrogens is 3. The number of anilines is 1. The average Bonchev–Trinajstić information content (AvgIpc) is 3.87. The van der Waals surface area contributed by atoms with Gasteiger partial charge in [0.05, 0.1) is 0 Å². The predicted molar refractivity (Wildman–Crippen MR) is 220 cm³/mol. The van der Waals surface area contributed by atoms with Crippen molar-refractivity contribution in [3.8, 4) is 0 Å². The van der Waals surface area contributed by atoms with Crippen LogP contribution in [-0.4, -0.2) is 11.6 Å². The lowest BCUT2D eigenvalue weighted by Crippen LogP contribution is -2.28. The fraction of sp³-hybridized carbons (Fsp3) is 0.111.